The number of thiophene rings is 1. The van der Waals surface area contributed by atoms with Gasteiger partial charge in [-0.15, -0.1) is 11.3 Å². The van der Waals surface area contributed by atoms with Gasteiger partial charge in [0.1, 0.15) is 0 Å². The average Bonchev–Trinajstić information content (AvgIpc) is 3.20. The van der Waals surface area contributed by atoms with E-state index >= 15 is 0 Å². The fourth-order valence-electron chi connectivity index (χ4n) is 2.94. The van der Waals surface area contributed by atoms with Crippen LogP contribution in [0.15, 0.2) is 53.9 Å². The highest BCUT2D eigenvalue weighted by Crippen LogP contribution is 2.25. The second kappa shape index (κ2) is 8.59. The minimum atomic E-state index is -0.252. The molecule has 0 aliphatic rings. The number of amides is 2. The lowest BCUT2D eigenvalue weighted by molar-refractivity contribution is 0.0938. The van der Waals surface area contributed by atoms with Crippen LogP contribution in [0.2, 0.25) is 5.02 Å². The lowest BCUT2D eigenvalue weighted by Gasteiger charge is -2.18. The number of rotatable bonds is 5. The van der Waals surface area contributed by atoms with Gasteiger partial charge in [-0.3, -0.25) is 9.59 Å². The number of carbonyl (C=O) groups is 2. The van der Waals surface area contributed by atoms with Gasteiger partial charge in [-0.05, 0) is 61.5 Å². The van der Waals surface area contributed by atoms with Crippen LogP contribution in [0, 0.1) is 13.8 Å². The summed E-state index contributed by atoms with van der Waals surface area (Å²) in [5.41, 5.74) is 4.19. The number of hydrogen-bond acceptors (Lipinski definition) is 3. The molecule has 0 saturated heterocycles. The van der Waals surface area contributed by atoms with E-state index in [1.165, 1.54) is 11.3 Å². The number of anilines is 1. The van der Waals surface area contributed by atoms with E-state index in [0.29, 0.717) is 21.2 Å². The maximum Gasteiger partial charge on any atom is 0.265 e. The number of nitrogens with one attached hydrogen (secondary N) is 2. The van der Waals surface area contributed by atoms with Gasteiger partial charge in [-0.25, -0.2) is 0 Å². The molecule has 28 heavy (non-hydrogen) atoms. The van der Waals surface area contributed by atoms with Gasteiger partial charge in [0.2, 0.25) is 0 Å². The van der Waals surface area contributed by atoms with E-state index in [4.69, 9.17) is 11.6 Å². The fourth-order valence-corrected chi connectivity index (χ4v) is 3.72. The van der Waals surface area contributed by atoms with E-state index in [0.717, 1.165) is 16.7 Å². The Kier molecular flexibility index (Phi) is 6.17. The number of benzene rings is 2. The molecule has 0 fully saturated rings. The molecule has 144 valence electrons. The molecular weight excluding hydrogens is 392 g/mol. The second-order valence-electron chi connectivity index (χ2n) is 6.68. The molecule has 6 heteroatoms. The largest absolute Gasteiger partial charge is 0.346 e. The van der Waals surface area contributed by atoms with Gasteiger partial charge < -0.3 is 10.6 Å². The monoisotopic (exact) mass is 412 g/mol. The fraction of sp³-hybridized carbons (Fsp3) is 0.182. The SMILES string of the molecule is Cc1ccc(C)c(C(C)NC(=O)c2ccc(Cl)c(NC(=O)c3cccs3)c2)c1. The van der Waals surface area contributed by atoms with Crippen LogP contribution in [-0.2, 0) is 0 Å². The molecule has 3 aromatic rings. The molecule has 0 aliphatic carbocycles. The third kappa shape index (κ3) is 4.61. The molecule has 0 saturated carbocycles. The minimum absolute atomic E-state index is 0.146. The van der Waals surface area contributed by atoms with Gasteiger partial charge in [0.05, 0.1) is 21.6 Å². The van der Waals surface area contributed by atoms with Crippen molar-refractivity contribution >= 4 is 40.4 Å². The van der Waals surface area contributed by atoms with E-state index in [9.17, 15) is 9.59 Å². The molecule has 0 spiro atoms. The number of halogens is 1. The van der Waals surface area contributed by atoms with Crippen LogP contribution in [0.3, 0.4) is 0 Å². The van der Waals surface area contributed by atoms with E-state index in [1.807, 2.05) is 32.2 Å². The second-order valence-corrected chi connectivity index (χ2v) is 8.04. The van der Waals surface area contributed by atoms with Gasteiger partial charge in [0, 0.05) is 5.56 Å². The topological polar surface area (TPSA) is 58.2 Å². The van der Waals surface area contributed by atoms with Crippen LogP contribution in [0.25, 0.3) is 0 Å². The van der Waals surface area contributed by atoms with Gasteiger partial charge in [-0.2, -0.15) is 0 Å². The van der Waals surface area contributed by atoms with Crippen molar-refractivity contribution in [2.75, 3.05) is 5.32 Å². The van der Waals surface area contributed by atoms with Gasteiger partial charge in [0.25, 0.3) is 11.8 Å². The van der Waals surface area contributed by atoms with Crippen LogP contribution in [-0.4, -0.2) is 11.8 Å². The summed E-state index contributed by atoms with van der Waals surface area (Å²) in [7, 11) is 0. The zero-order valence-corrected chi connectivity index (χ0v) is 17.4. The number of aryl methyl sites for hydroxylation is 2. The Bertz CT molecular complexity index is 1020. The zero-order valence-electron chi connectivity index (χ0n) is 15.9. The Labute approximate surface area is 173 Å². The third-order valence-corrected chi connectivity index (χ3v) is 5.67. The molecule has 2 amide bonds. The summed E-state index contributed by atoms with van der Waals surface area (Å²) in [6.45, 7) is 6.01. The molecule has 1 aromatic heterocycles. The van der Waals surface area contributed by atoms with Crippen LogP contribution < -0.4 is 10.6 Å². The number of hydrogen-bond donors (Lipinski definition) is 2. The Morgan fingerprint density at radius 3 is 2.54 bits per heavy atom. The Balaban J connectivity index is 1.76. The Morgan fingerprint density at radius 2 is 1.82 bits per heavy atom. The average molecular weight is 413 g/mol. The first-order valence-electron chi connectivity index (χ1n) is 8.87. The smallest absolute Gasteiger partial charge is 0.265 e. The molecular formula is C22H21ClN2O2S. The maximum atomic E-state index is 12.7. The van der Waals surface area contributed by atoms with Crippen molar-refractivity contribution in [1.82, 2.24) is 5.32 Å². The minimum Gasteiger partial charge on any atom is -0.346 e. The zero-order chi connectivity index (χ0) is 20.3. The quantitative estimate of drug-likeness (QED) is 0.559. The van der Waals surface area contributed by atoms with Crippen molar-refractivity contribution in [3.05, 3.63) is 86.1 Å². The molecule has 0 aliphatic heterocycles. The number of carbonyl (C=O) groups excluding carboxylic acids is 2. The summed E-state index contributed by atoms with van der Waals surface area (Å²) in [4.78, 5) is 25.6. The highest BCUT2D eigenvalue weighted by atomic mass is 35.5. The summed E-state index contributed by atoms with van der Waals surface area (Å²) in [6.07, 6.45) is 0. The predicted molar refractivity (Wildman–Crippen MR) is 116 cm³/mol. The van der Waals surface area contributed by atoms with Gasteiger partial charge in [0.15, 0.2) is 0 Å². The lowest BCUT2D eigenvalue weighted by atomic mass is 9.99. The summed E-state index contributed by atoms with van der Waals surface area (Å²) in [6, 6.07) is 14.4. The van der Waals surface area contributed by atoms with E-state index in [2.05, 4.69) is 22.8 Å². The van der Waals surface area contributed by atoms with E-state index in [1.54, 1.807) is 30.3 Å². The summed E-state index contributed by atoms with van der Waals surface area (Å²) in [5, 5.41) is 7.99. The van der Waals surface area contributed by atoms with Crippen molar-refractivity contribution < 1.29 is 9.59 Å². The predicted octanol–water partition coefficient (Wildman–Crippen LogP) is 5.76. The molecule has 1 atom stereocenters. The first-order valence-corrected chi connectivity index (χ1v) is 10.1. The Morgan fingerprint density at radius 1 is 1.04 bits per heavy atom. The third-order valence-electron chi connectivity index (χ3n) is 4.47. The van der Waals surface area contributed by atoms with Crippen molar-refractivity contribution in [3.63, 3.8) is 0 Å². The standard InChI is InChI=1S/C22H21ClN2O2S/c1-13-6-7-14(2)17(11-13)15(3)24-21(26)16-8-9-18(23)19(12-16)25-22(27)20-5-4-10-28-20/h4-12,15H,1-3H3,(H,24,26)(H,25,27). The van der Waals surface area contributed by atoms with Crippen LogP contribution in [0.1, 0.15) is 49.7 Å². The lowest BCUT2D eigenvalue weighted by Crippen LogP contribution is -2.27. The molecule has 3 rings (SSSR count). The molecule has 1 unspecified atom stereocenters. The normalized spacial score (nSPS) is 11.7. The highest BCUT2D eigenvalue weighted by molar-refractivity contribution is 7.12. The van der Waals surface area contributed by atoms with Crippen molar-refractivity contribution in [1.29, 1.82) is 0 Å². The van der Waals surface area contributed by atoms with Gasteiger partial charge in [-0.1, -0.05) is 41.4 Å². The summed E-state index contributed by atoms with van der Waals surface area (Å²) in [5.74, 6) is -0.477. The van der Waals surface area contributed by atoms with E-state index < -0.39 is 0 Å². The molecule has 2 N–H and O–H groups in total. The van der Waals surface area contributed by atoms with Crippen molar-refractivity contribution in [2.45, 2.75) is 26.8 Å². The van der Waals surface area contributed by atoms with Gasteiger partial charge >= 0.3 is 0 Å². The first kappa shape index (κ1) is 20.1. The molecule has 4 nitrogen and oxygen atoms in total. The molecule has 0 bridgehead atoms. The van der Waals surface area contributed by atoms with Crippen molar-refractivity contribution in [3.8, 4) is 0 Å². The molecule has 0 radical (unpaired) electrons. The molecule has 1 heterocycles. The summed E-state index contributed by atoms with van der Waals surface area (Å²) < 4.78 is 0. The first-order chi connectivity index (χ1) is 13.3. The van der Waals surface area contributed by atoms with Crippen LogP contribution >= 0.6 is 22.9 Å². The van der Waals surface area contributed by atoms with Crippen molar-refractivity contribution in [2.24, 2.45) is 0 Å². The van der Waals surface area contributed by atoms with E-state index in [-0.39, 0.29) is 17.9 Å². The summed E-state index contributed by atoms with van der Waals surface area (Å²) >= 11 is 7.54. The molecule has 2 aromatic carbocycles. The maximum absolute atomic E-state index is 12.7. The highest BCUT2D eigenvalue weighted by Gasteiger charge is 2.16. The Hall–Kier alpha value is -2.63. The van der Waals surface area contributed by atoms with Crippen LogP contribution in [0.4, 0.5) is 5.69 Å². The van der Waals surface area contributed by atoms with Crippen LogP contribution in [0.5, 0.6) is 0 Å².